The van der Waals surface area contributed by atoms with E-state index in [0.29, 0.717) is 25.7 Å². The molecule has 0 rings (SSSR count). The molecule has 0 N–H and O–H groups in total. The molecule has 10 heteroatoms. The van der Waals surface area contributed by atoms with Crippen molar-refractivity contribution in [1.82, 2.24) is 14.7 Å². The van der Waals surface area contributed by atoms with Crippen molar-refractivity contribution in [3.63, 3.8) is 0 Å². The van der Waals surface area contributed by atoms with Crippen LogP contribution in [0.1, 0.15) is 105 Å². The van der Waals surface area contributed by atoms with Crippen LogP contribution in [0.2, 0.25) is 0 Å². The number of ketones is 4. The van der Waals surface area contributed by atoms with Crippen LogP contribution in [0.15, 0.2) is 0 Å². The Morgan fingerprint density at radius 3 is 0.974 bits per heavy atom. The smallest absolute Gasteiger partial charge is 0.224 e. The second-order valence-electron chi connectivity index (χ2n) is 9.77. The molecule has 222 valence electrons. The van der Waals surface area contributed by atoms with Gasteiger partial charge in [-0.1, -0.05) is 27.7 Å². The lowest BCUT2D eigenvalue weighted by molar-refractivity contribution is -0.135. The van der Waals surface area contributed by atoms with Crippen LogP contribution in [0, 0.1) is 0 Å². The average molecular weight is 552 g/mol. The summed E-state index contributed by atoms with van der Waals surface area (Å²) in [5.74, 6) is -0.629. The van der Waals surface area contributed by atoms with E-state index >= 15 is 0 Å². The van der Waals surface area contributed by atoms with Gasteiger partial charge in [-0.3, -0.25) is 33.6 Å². The molecule has 3 amide bonds. The maximum atomic E-state index is 13.0. The van der Waals surface area contributed by atoms with Crippen LogP contribution in [0.3, 0.4) is 0 Å². The first-order valence-electron chi connectivity index (χ1n) is 14.4. The van der Waals surface area contributed by atoms with Crippen LogP contribution in [-0.4, -0.2) is 94.8 Å². The van der Waals surface area contributed by atoms with E-state index in [1.165, 1.54) is 21.6 Å². The van der Waals surface area contributed by atoms with Gasteiger partial charge in [-0.05, 0) is 13.3 Å². The van der Waals surface area contributed by atoms with Gasteiger partial charge in [0.05, 0.1) is 0 Å². The second-order valence-corrected chi connectivity index (χ2v) is 9.77. The lowest BCUT2D eigenvalue weighted by atomic mass is 10.1. The van der Waals surface area contributed by atoms with E-state index < -0.39 is 0 Å². The van der Waals surface area contributed by atoms with Gasteiger partial charge in [0.2, 0.25) is 17.7 Å². The van der Waals surface area contributed by atoms with Gasteiger partial charge in [0.1, 0.15) is 23.1 Å². The van der Waals surface area contributed by atoms with E-state index in [1.54, 1.807) is 20.8 Å². The molecule has 0 radical (unpaired) electrons. The molecule has 0 saturated heterocycles. The molecule has 0 aliphatic heterocycles. The highest BCUT2D eigenvalue weighted by Gasteiger charge is 2.22. The molecule has 10 nitrogen and oxygen atoms in total. The van der Waals surface area contributed by atoms with Gasteiger partial charge in [-0.2, -0.15) is 0 Å². The maximum Gasteiger partial charge on any atom is 0.224 e. The van der Waals surface area contributed by atoms with Gasteiger partial charge in [-0.15, -0.1) is 0 Å². The Morgan fingerprint density at radius 1 is 0.410 bits per heavy atom. The van der Waals surface area contributed by atoms with E-state index in [1.807, 2.05) is 6.92 Å². The molecule has 0 heterocycles. The predicted molar refractivity (Wildman–Crippen MR) is 149 cm³/mol. The number of hydrogen-bond donors (Lipinski definition) is 0. The topological polar surface area (TPSA) is 129 Å². The third-order valence-corrected chi connectivity index (χ3v) is 6.61. The predicted octanol–water partition coefficient (Wildman–Crippen LogP) is 3.14. The first-order valence-corrected chi connectivity index (χ1v) is 14.4. The molecule has 0 fully saturated rings. The summed E-state index contributed by atoms with van der Waals surface area (Å²) >= 11 is 0. The van der Waals surface area contributed by atoms with Crippen molar-refractivity contribution in [3.8, 4) is 0 Å². The third kappa shape index (κ3) is 16.6. The number of nitrogens with zero attached hydrogens (tertiary/aromatic N) is 3. The molecule has 0 aromatic rings. The summed E-state index contributed by atoms with van der Waals surface area (Å²) in [4.78, 5) is 90.2. The Kier molecular flexibility index (Phi) is 19.4. The first-order chi connectivity index (χ1) is 18.5. The fraction of sp³-hybridized carbons (Fsp3) is 0.759. The van der Waals surface area contributed by atoms with Crippen molar-refractivity contribution in [2.75, 3.05) is 39.3 Å². The van der Waals surface area contributed by atoms with E-state index in [4.69, 9.17) is 0 Å². The summed E-state index contributed by atoms with van der Waals surface area (Å²) in [5, 5.41) is 0. The molecule has 39 heavy (non-hydrogen) atoms. The molecule has 0 unspecified atom stereocenters. The Hall–Kier alpha value is -2.91. The van der Waals surface area contributed by atoms with Crippen LogP contribution >= 0.6 is 0 Å². The standard InChI is InChI=1S/C29H49N3O7/c1-6-10-27(37)32(21-15-28(38)30(17-11-23(5)33)18-12-24(34)7-2)22-16-29(39)31(19-13-25(35)8-3)20-14-26(36)9-4/h6-22H2,1-5H3. The minimum Gasteiger partial charge on any atom is -0.342 e. The SMILES string of the molecule is CCCC(=O)N(CCC(=O)N(CCC(C)=O)CCC(=O)CC)CCC(=O)N(CCC(=O)CC)CCC(=O)CC. The number of carbonyl (C=O) groups is 7. The number of hydrogen-bond acceptors (Lipinski definition) is 7. The Morgan fingerprint density at radius 2 is 0.692 bits per heavy atom. The van der Waals surface area contributed by atoms with Crippen LogP contribution in [-0.2, 0) is 33.6 Å². The number of Topliss-reactive ketones (excluding diaryl/α,β-unsaturated/α-hetero) is 4. The van der Waals surface area contributed by atoms with Crippen LogP contribution in [0.4, 0.5) is 0 Å². The molecular formula is C29H49N3O7. The molecule has 0 saturated carbocycles. The van der Waals surface area contributed by atoms with E-state index in [9.17, 15) is 33.6 Å². The third-order valence-electron chi connectivity index (χ3n) is 6.61. The molecular weight excluding hydrogens is 502 g/mol. The van der Waals surface area contributed by atoms with Crippen molar-refractivity contribution in [2.24, 2.45) is 0 Å². The summed E-state index contributed by atoms with van der Waals surface area (Å²) in [6.45, 7) is 9.73. The van der Waals surface area contributed by atoms with Gasteiger partial charge in [0, 0.05) is 103 Å². The van der Waals surface area contributed by atoms with Gasteiger partial charge in [0.15, 0.2) is 0 Å². The van der Waals surface area contributed by atoms with Crippen molar-refractivity contribution in [2.45, 2.75) is 105 Å². The van der Waals surface area contributed by atoms with Crippen LogP contribution in [0.25, 0.3) is 0 Å². The molecule has 0 bridgehead atoms. The monoisotopic (exact) mass is 551 g/mol. The normalized spacial score (nSPS) is 10.6. The largest absolute Gasteiger partial charge is 0.342 e. The molecule has 0 aliphatic carbocycles. The zero-order valence-corrected chi connectivity index (χ0v) is 24.7. The fourth-order valence-corrected chi connectivity index (χ4v) is 3.83. The summed E-state index contributed by atoms with van der Waals surface area (Å²) in [6, 6.07) is 0. The van der Waals surface area contributed by atoms with Gasteiger partial charge in [0.25, 0.3) is 0 Å². The number of carbonyl (C=O) groups excluding carboxylic acids is 7. The molecule has 0 aromatic carbocycles. The quantitative estimate of drug-likeness (QED) is 0.191. The molecule has 0 aliphatic rings. The fourth-order valence-electron chi connectivity index (χ4n) is 3.83. The van der Waals surface area contributed by atoms with E-state index in [-0.39, 0.29) is 125 Å². The Balaban J connectivity index is 5.33. The highest BCUT2D eigenvalue weighted by Crippen LogP contribution is 2.08. The number of amides is 3. The zero-order valence-electron chi connectivity index (χ0n) is 24.7. The lowest BCUT2D eigenvalue weighted by Crippen LogP contribution is -2.41. The first kappa shape index (κ1) is 36.1. The zero-order chi connectivity index (χ0) is 29.8. The highest BCUT2D eigenvalue weighted by molar-refractivity contribution is 5.84. The maximum absolute atomic E-state index is 13.0. The summed E-state index contributed by atoms with van der Waals surface area (Å²) < 4.78 is 0. The molecule has 0 aromatic heterocycles. The van der Waals surface area contributed by atoms with Crippen molar-refractivity contribution in [1.29, 1.82) is 0 Å². The Bertz CT molecular complexity index is 821. The highest BCUT2D eigenvalue weighted by atomic mass is 16.2. The minimum absolute atomic E-state index is 0.0155. The summed E-state index contributed by atoms with van der Waals surface area (Å²) in [6.07, 6.45) is 2.88. The summed E-state index contributed by atoms with van der Waals surface area (Å²) in [7, 11) is 0. The van der Waals surface area contributed by atoms with Gasteiger partial charge in [-0.25, -0.2) is 0 Å². The molecule has 0 atom stereocenters. The number of rotatable bonds is 23. The average Bonchev–Trinajstić information content (AvgIpc) is 2.91. The Labute approximate surface area is 233 Å². The van der Waals surface area contributed by atoms with E-state index in [0.717, 1.165) is 0 Å². The lowest BCUT2D eigenvalue weighted by Gasteiger charge is -2.27. The van der Waals surface area contributed by atoms with E-state index in [2.05, 4.69) is 0 Å². The molecule has 0 spiro atoms. The van der Waals surface area contributed by atoms with Crippen molar-refractivity contribution >= 4 is 40.9 Å². The van der Waals surface area contributed by atoms with Crippen molar-refractivity contribution in [3.05, 3.63) is 0 Å². The summed E-state index contributed by atoms with van der Waals surface area (Å²) in [5.41, 5.74) is 0. The van der Waals surface area contributed by atoms with Crippen LogP contribution in [0.5, 0.6) is 0 Å². The minimum atomic E-state index is -0.251. The second kappa shape index (κ2) is 21.0. The van der Waals surface area contributed by atoms with Crippen LogP contribution < -0.4 is 0 Å². The van der Waals surface area contributed by atoms with Gasteiger partial charge < -0.3 is 14.7 Å². The van der Waals surface area contributed by atoms with Gasteiger partial charge >= 0.3 is 0 Å². The van der Waals surface area contributed by atoms with Crippen molar-refractivity contribution < 1.29 is 33.6 Å².